The van der Waals surface area contributed by atoms with Gasteiger partial charge in [0.1, 0.15) is 4.60 Å². The first-order valence-electron chi connectivity index (χ1n) is 4.75. The van der Waals surface area contributed by atoms with Crippen molar-refractivity contribution in [1.29, 1.82) is 0 Å². The molecule has 2 heterocycles. The van der Waals surface area contributed by atoms with Crippen LogP contribution in [-0.4, -0.2) is 42.7 Å². The first-order chi connectivity index (χ1) is 7.72. The highest BCUT2D eigenvalue weighted by Crippen LogP contribution is 2.19. The lowest BCUT2D eigenvalue weighted by Gasteiger charge is -2.24. The summed E-state index contributed by atoms with van der Waals surface area (Å²) in [5.41, 5.74) is 0.338. The Labute approximate surface area is 101 Å². The number of methoxy groups -OCH3 is 1. The minimum Gasteiger partial charge on any atom is -0.464 e. The molecule has 0 aromatic carbocycles. The van der Waals surface area contributed by atoms with Crippen LogP contribution in [0, 0.1) is 0 Å². The molecule has 1 unspecified atom stereocenters. The van der Waals surface area contributed by atoms with Gasteiger partial charge in [-0.25, -0.2) is 9.48 Å². The summed E-state index contributed by atoms with van der Waals surface area (Å²) in [6.07, 6.45) is -0.380. The predicted octanol–water partition coefficient (Wildman–Crippen LogP) is 0.978. The topological polar surface area (TPSA) is 62.6 Å². The average molecular weight is 291 g/mol. The van der Waals surface area contributed by atoms with Gasteiger partial charge in [0, 0.05) is 6.07 Å². The Morgan fingerprint density at radius 1 is 1.69 bits per heavy atom. The molecule has 0 bridgehead atoms. The van der Waals surface area contributed by atoms with Crippen molar-refractivity contribution in [2.24, 2.45) is 0 Å². The van der Waals surface area contributed by atoms with Crippen molar-refractivity contribution in [2.45, 2.75) is 6.23 Å². The van der Waals surface area contributed by atoms with Gasteiger partial charge in [-0.2, -0.15) is 5.10 Å². The summed E-state index contributed by atoms with van der Waals surface area (Å²) in [7, 11) is 1.33. The molecule has 1 aliphatic heterocycles. The number of esters is 1. The first-order valence-corrected chi connectivity index (χ1v) is 5.54. The summed E-state index contributed by atoms with van der Waals surface area (Å²) < 4.78 is 17.4. The number of hydrogen-bond donors (Lipinski definition) is 0. The number of hydrogen-bond acceptors (Lipinski definition) is 5. The van der Waals surface area contributed by atoms with Gasteiger partial charge in [0.25, 0.3) is 0 Å². The molecule has 0 N–H and O–H groups in total. The third-order valence-corrected chi connectivity index (χ3v) is 2.56. The number of halogens is 1. The molecule has 1 aromatic rings. The first kappa shape index (κ1) is 11.6. The lowest BCUT2D eigenvalue weighted by atomic mass is 10.4. The summed E-state index contributed by atoms with van der Waals surface area (Å²) in [5, 5.41) is 4.13. The number of aromatic nitrogens is 2. The molecule has 0 spiro atoms. The summed E-state index contributed by atoms with van der Waals surface area (Å²) in [5.74, 6) is -0.452. The van der Waals surface area contributed by atoms with E-state index >= 15 is 0 Å². The Bertz CT molecular complexity index is 387. The van der Waals surface area contributed by atoms with Crippen LogP contribution < -0.4 is 0 Å². The molecule has 16 heavy (non-hydrogen) atoms. The van der Waals surface area contributed by atoms with Gasteiger partial charge in [-0.3, -0.25) is 0 Å². The molecule has 1 aliphatic rings. The summed E-state index contributed by atoms with van der Waals surface area (Å²) >= 11 is 3.21. The van der Waals surface area contributed by atoms with Crippen molar-refractivity contribution in [3.05, 3.63) is 16.4 Å². The summed E-state index contributed by atoms with van der Waals surface area (Å²) in [6.45, 7) is 1.42. The van der Waals surface area contributed by atoms with E-state index in [2.05, 4.69) is 25.8 Å². The number of carbonyl (C=O) groups excluding carboxylic acids is 1. The van der Waals surface area contributed by atoms with E-state index in [1.807, 2.05) is 0 Å². The van der Waals surface area contributed by atoms with Crippen LogP contribution in [0.25, 0.3) is 0 Å². The number of rotatable bonds is 2. The molecule has 6 nitrogen and oxygen atoms in total. The maximum absolute atomic E-state index is 11.5. The van der Waals surface area contributed by atoms with E-state index in [4.69, 9.17) is 9.47 Å². The highest BCUT2D eigenvalue weighted by Gasteiger charge is 2.24. The number of ether oxygens (including phenoxy) is 3. The highest BCUT2D eigenvalue weighted by molar-refractivity contribution is 9.10. The van der Waals surface area contributed by atoms with Gasteiger partial charge < -0.3 is 14.2 Å². The van der Waals surface area contributed by atoms with E-state index in [1.165, 1.54) is 11.8 Å². The molecule has 0 saturated carbocycles. The molecule has 1 atom stereocenters. The van der Waals surface area contributed by atoms with Crippen molar-refractivity contribution in [3.63, 3.8) is 0 Å². The van der Waals surface area contributed by atoms with Crippen molar-refractivity contribution in [3.8, 4) is 0 Å². The smallest absolute Gasteiger partial charge is 0.356 e. The maximum atomic E-state index is 11.5. The van der Waals surface area contributed by atoms with E-state index in [9.17, 15) is 4.79 Å². The number of nitrogens with zero attached hydrogens (tertiary/aromatic N) is 2. The van der Waals surface area contributed by atoms with Gasteiger partial charge in [0.15, 0.2) is 11.9 Å². The SMILES string of the molecule is COC(=O)c1cc(Br)nn1C1COCCO1. The molecular weight excluding hydrogens is 280 g/mol. The third kappa shape index (κ3) is 2.26. The lowest BCUT2D eigenvalue weighted by Crippen LogP contribution is -2.29. The highest BCUT2D eigenvalue weighted by atomic mass is 79.9. The van der Waals surface area contributed by atoms with Crippen LogP contribution in [0.2, 0.25) is 0 Å². The Kier molecular flexibility index (Phi) is 3.57. The molecular formula is C9H11BrN2O4. The zero-order valence-electron chi connectivity index (χ0n) is 8.68. The van der Waals surface area contributed by atoms with Crippen LogP contribution >= 0.6 is 15.9 Å². The molecule has 1 aromatic heterocycles. The van der Waals surface area contributed by atoms with Crippen LogP contribution in [0.15, 0.2) is 10.7 Å². The second-order valence-corrected chi connectivity index (χ2v) is 4.00. The standard InChI is InChI=1S/C9H11BrN2O4/c1-14-9(13)6-4-7(10)11-12(6)8-5-15-2-3-16-8/h4,8H,2-3,5H2,1H3. The van der Waals surface area contributed by atoms with Gasteiger partial charge in [-0.05, 0) is 15.9 Å². The van der Waals surface area contributed by atoms with Gasteiger partial charge in [-0.1, -0.05) is 0 Å². The summed E-state index contributed by atoms with van der Waals surface area (Å²) in [6, 6.07) is 1.59. The molecule has 0 aliphatic carbocycles. The van der Waals surface area contributed by atoms with Crippen LogP contribution in [0.3, 0.4) is 0 Å². The third-order valence-electron chi connectivity index (χ3n) is 2.17. The van der Waals surface area contributed by atoms with E-state index in [0.29, 0.717) is 30.1 Å². The second kappa shape index (κ2) is 4.94. The van der Waals surface area contributed by atoms with Crippen LogP contribution in [0.5, 0.6) is 0 Å². The lowest BCUT2D eigenvalue weighted by molar-refractivity contribution is -0.128. The largest absolute Gasteiger partial charge is 0.464 e. The van der Waals surface area contributed by atoms with E-state index < -0.39 is 5.97 Å². The summed E-state index contributed by atoms with van der Waals surface area (Å²) in [4.78, 5) is 11.5. The Morgan fingerprint density at radius 3 is 3.12 bits per heavy atom. The van der Waals surface area contributed by atoms with Crippen LogP contribution in [0.4, 0.5) is 0 Å². The minimum absolute atomic E-state index is 0.338. The monoisotopic (exact) mass is 290 g/mol. The molecule has 1 saturated heterocycles. The Morgan fingerprint density at radius 2 is 2.50 bits per heavy atom. The van der Waals surface area contributed by atoms with E-state index in [1.54, 1.807) is 6.07 Å². The predicted molar refractivity (Wildman–Crippen MR) is 57.1 cm³/mol. The normalized spacial score (nSPS) is 20.8. The molecule has 0 amide bonds. The molecule has 1 fully saturated rings. The van der Waals surface area contributed by atoms with Crippen molar-refractivity contribution >= 4 is 21.9 Å². The fourth-order valence-electron chi connectivity index (χ4n) is 1.46. The van der Waals surface area contributed by atoms with Crippen molar-refractivity contribution < 1.29 is 19.0 Å². The molecule has 2 rings (SSSR count). The zero-order chi connectivity index (χ0) is 11.5. The van der Waals surface area contributed by atoms with Gasteiger partial charge in [0.2, 0.25) is 0 Å². The van der Waals surface area contributed by atoms with E-state index in [-0.39, 0.29) is 6.23 Å². The van der Waals surface area contributed by atoms with Crippen molar-refractivity contribution in [1.82, 2.24) is 9.78 Å². The fourth-order valence-corrected chi connectivity index (χ4v) is 1.85. The Hall–Kier alpha value is -0.920. The molecule has 0 radical (unpaired) electrons. The number of carbonyl (C=O) groups is 1. The molecule has 7 heteroatoms. The van der Waals surface area contributed by atoms with Crippen LogP contribution in [0.1, 0.15) is 16.7 Å². The Balaban J connectivity index is 2.27. The van der Waals surface area contributed by atoms with E-state index in [0.717, 1.165) is 0 Å². The quantitative estimate of drug-likeness (QED) is 0.760. The zero-order valence-corrected chi connectivity index (χ0v) is 10.3. The second-order valence-electron chi connectivity index (χ2n) is 3.19. The van der Waals surface area contributed by atoms with Crippen molar-refractivity contribution in [2.75, 3.05) is 26.9 Å². The van der Waals surface area contributed by atoms with Crippen LogP contribution in [-0.2, 0) is 14.2 Å². The minimum atomic E-state index is -0.452. The molecule has 88 valence electrons. The maximum Gasteiger partial charge on any atom is 0.356 e. The van der Waals surface area contributed by atoms with Gasteiger partial charge >= 0.3 is 5.97 Å². The van der Waals surface area contributed by atoms with Gasteiger partial charge in [0.05, 0.1) is 26.9 Å². The fraction of sp³-hybridized carbons (Fsp3) is 0.556. The average Bonchev–Trinajstić information content (AvgIpc) is 2.71. The van der Waals surface area contributed by atoms with Gasteiger partial charge in [-0.15, -0.1) is 0 Å².